The number of carbonyl (C=O) groups is 2. The molecule has 1 rings (SSSR count). The number of hydrogen-bond donors (Lipinski definition) is 3. The molecular formula is C54H106N2O6. The molecule has 5 atom stereocenters. The number of aliphatic hydroxyl groups excluding tert-OH is 3. The highest BCUT2D eigenvalue weighted by Crippen LogP contribution is 2.24. The van der Waals surface area contributed by atoms with Crippen LogP contribution >= 0.6 is 0 Å². The Balaban J connectivity index is 2.87. The van der Waals surface area contributed by atoms with Crippen LogP contribution in [-0.4, -0.2) is 93.6 Å². The lowest BCUT2D eigenvalue weighted by atomic mass is 10.0. The summed E-state index contributed by atoms with van der Waals surface area (Å²) in [5.41, 5.74) is 0. The van der Waals surface area contributed by atoms with Crippen LogP contribution in [0.4, 0.5) is 0 Å². The molecule has 0 spiro atoms. The molecule has 1 amide bonds. The van der Waals surface area contributed by atoms with Gasteiger partial charge >= 0.3 is 5.97 Å². The highest BCUT2D eigenvalue weighted by Gasteiger charge is 2.37. The number of amides is 1. The van der Waals surface area contributed by atoms with E-state index in [1.165, 1.54) is 161 Å². The second kappa shape index (κ2) is 42.4. The number of carbonyl (C=O) groups excluding carboxylic acids is 2. The highest BCUT2D eigenvalue weighted by molar-refractivity contribution is 5.80. The fourth-order valence-corrected chi connectivity index (χ4v) is 9.44. The molecule has 1 fully saturated rings. The fraction of sp³-hybridized carbons (Fsp3) is 0.963. The van der Waals surface area contributed by atoms with E-state index >= 15 is 0 Å². The Bertz CT molecular complexity index is 970. The van der Waals surface area contributed by atoms with Gasteiger partial charge < -0.3 is 25.0 Å². The topological polar surface area (TPSA) is 111 Å². The lowest BCUT2D eigenvalue weighted by Gasteiger charge is -2.39. The molecule has 1 aliphatic rings. The molecule has 0 saturated carbocycles. The van der Waals surface area contributed by atoms with Crippen LogP contribution in [0, 0.1) is 0 Å². The second-order valence-corrected chi connectivity index (χ2v) is 19.7. The van der Waals surface area contributed by atoms with Crippen molar-refractivity contribution in [1.82, 2.24) is 9.80 Å². The Labute approximate surface area is 384 Å². The minimum atomic E-state index is -0.640. The molecule has 8 heteroatoms. The number of esters is 1. The summed E-state index contributed by atoms with van der Waals surface area (Å²) in [5, 5.41) is 33.6. The molecule has 3 N–H and O–H groups in total. The first-order valence-corrected chi connectivity index (χ1v) is 27.5. The van der Waals surface area contributed by atoms with Crippen molar-refractivity contribution in [2.45, 2.75) is 309 Å². The highest BCUT2D eigenvalue weighted by atomic mass is 16.5. The summed E-state index contributed by atoms with van der Waals surface area (Å²) < 4.78 is 6.07. The number of unbranched alkanes of at least 4 members (excludes halogenated alkanes) is 29. The van der Waals surface area contributed by atoms with E-state index in [2.05, 4.69) is 32.6 Å². The van der Waals surface area contributed by atoms with E-state index < -0.39 is 24.4 Å². The molecule has 1 aliphatic heterocycles. The third-order valence-electron chi connectivity index (χ3n) is 13.5. The third kappa shape index (κ3) is 33.3. The number of morpholine rings is 1. The van der Waals surface area contributed by atoms with Gasteiger partial charge in [0.05, 0.1) is 18.3 Å². The summed E-state index contributed by atoms with van der Waals surface area (Å²) in [6.45, 7) is 10.4. The van der Waals surface area contributed by atoms with Gasteiger partial charge in [-0.3, -0.25) is 14.5 Å². The maximum absolute atomic E-state index is 14.0. The van der Waals surface area contributed by atoms with Gasteiger partial charge in [0.1, 0.15) is 12.1 Å². The van der Waals surface area contributed by atoms with Crippen LogP contribution in [0.25, 0.3) is 0 Å². The maximum atomic E-state index is 14.0. The van der Waals surface area contributed by atoms with Crippen molar-refractivity contribution in [1.29, 1.82) is 0 Å². The summed E-state index contributed by atoms with van der Waals surface area (Å²) in [7, 11) is 0. The summed E-state index contributed by atoms with van der Waals surface area (Å²) in [5.74, 6) is -0.404. The number of aliphatic hydroxyl groups is 3. The van der Waals surface area contributed by atoms with Crippen molar-refractivity contribution in [3.63, 3.8) is 0 Å². The lowest BCUT2D eigenvalue weighted by molar-refractivity contribution is -0.168. The molecular weight excluding hydrogens is 773 g/mol. The van der Waals surface area contributed by atoms with E-state index in [1.54, 1.807) is 4.90 Å². The molecule has 0 aromatic heterocycles. The zero-order chi connectivity index (χ0) is 45.3. The normalized spacial score (nSPS) is 17.3. The van der Waals surface area contributed by atoms with Crippen LogP contribution in [0.2, 0.25) is 0 Å². The standard InChI is InChI=1S/C54H106N2O6/c1-5-9-13-17-21-25-28-32-34-38-48(57)44-55-47-51(41-37-33-29-24-20-16-12-8-4)62-54(61)52(55)42-43-53(60)56(45-49(58)39-35-30-26-22-18-14-10-6-2)46-50(59)40-36-31-27-23-19-15-11-7-3/h48-52,57-59H,5-47H2,1-4H3. The predicted molar refractivity (Wildman–Crippen MR) is 263 cm³/mol. The van der Waals surface area contributed by atoms with Gasteiger partial charge in [-0.1, -0.05) is 233 Å². The Hall–Kier alpha value is -1.22. The number of nitrogens with zero attached hydrogens (tertiary/aromatic N) is 2. The number of cyclic esters (lactones) is 1. The molecule has 0 radical (unpaired) electrons. The van der Waals surface area contributed by atoms with E-state index in [1.807, 2.05) is 0 Å². The first-order chi connectivity index (χ1) is 30.2. The zero-order valence-electron chi connectivity index (χ0n) is 41.8. The average Bonchev–Trinajstić information content (AvgIpc) is 3.25. The SMILES string of the molecule is CCCCCCCCCCCC(O)CN1CC(CCCCCCCCCC)OC(=O)C1CCC(=O)N(CC(O)CCCCCCCCCC)CC(O)CCCCCCCCCC. The molecule has 1 heterocycles. The molecule has 368 valence electrons. The summed E-state index contributed by atoms with van der Waals surface area (Å²) in [6, 6.07) is -0.585. The zero-order valence-corrected chi connectivity index (χ0v) is 41.8. The quantitative estimate of drug-likeness (QED) is 0.0412. The first-order valence-electron chi connectivity index (χ1n) is 27.5. The number of β-amino-alcohol motifs (C(OH)–C–C–N with tert-alkyl or cyclic N) is 1. The van der Waals surface area contributed by atoms with Crippen LogP contribution in [0.5, 0.6) is 0 Å². The molecule has 1 saturated heterocycles. The smallest absolute Gasteiger partial charge is 0.323 e. The van der Waals surface area contributed by atoms with Gasteiger partial charge in [-0.05, 0) is 38.5 Å². The molecule has 0 aliphatic carbocycles. The van der Waals surface area contributed by atoms with Crippen molar-refractivity contribution in [3.05, 3.63) is 0 Å². The van der Waals surface area contributed by atoms with Gasteiger partial charge in [-0.2, -0.15) is 0 Å². The number of ether oxygens (including phenoxy) is 1. The van der Waals surface area contributed by atoms with Crippen LogP contribution < -0.4 is 0 Å². The van der Waals surface area contributed by atoms with E-state index in [-0.39, 0.29) is 37.5 Å². The second-order valence-electron chi connectivity index (χ2n) is 19.7. The van der Waals surface area contributed by atoms with Gasteiger partial charge in [-0.25, -0.2) is 0 Å². The van der Waals surface area contributed by atoms with E-state index in [9.17, 15) is 24.9 Å². The van der Waals surface area contributed by atoms with Crippen LogP contribution in [0.1, 0.15) is 278 Å². The van der Waals surface area contributed by atoms with Gasteiger partial charge in [-0.15, -0.1) is 0 Å². The number of rotatable bonds is 46. The van der Waals surface area contributed by atoms with E-state index in [4.69, 9.17) is 4.74 Å². The van der Waals surface area contributed by atoms with Crippen molar-refractivity contribution < 1.29 is 29.6 Å². The van der Waals surface area contributed by atoms with Crippen LogP contribution in [0.15, 0.2) is 0 Å². The Morgan fingerprint density at radius 1 is 0.516 bits per heavy atom. The number of hydrogen-bond acceptors (Lipinski definition) is 7. The lowest BCUT2D eigenvalue weighted by Crippen LogP contribution is -2.55. The Morgan fingerprint density at radius 3 is 1.24 bits per heavy atom. The van der Waals surface area contributed by atoms with Gasteiger partial charge in [0.15, 0.2) is 0 Å². The molecule has 0 aromatic rings. The molecule has 62 heavy (non-hydrogen) atoms. The monoisotopic (exact) mass is 879 g/mol. The Morgan fingerprint density at radius 2 is 0.855 bits per heavy atom. The molecule has 0 aromatic carbocycles. The van der Waals surface area contributed by atoms with Gasteiger partial charge in [0.2, 0.25) is 5.91 Å². The Kier molecular flexibility index (Phi) is 40.2. The summed E-state index contributed by atoms with van der Waals surface area (Å²) in [4.78, 5) is 31.6. The van der Waals surface area contributed by atoms with Crippen molar-refractivity contribution in [2.24, 2.45) is 0 Å². The van der Waals surface area contributed by atoms with Crippen LogP contribution in [0.3, 0.4) is 0 Å². The summed E-state index contributed by atoms with van der Waals surface area (Å²) in [6.07, 6.45) is 41.4. The minimum Gasteiger partial charge on any atom is -0.460 e. The first kappa shape index (κ1) is 58.8. The molecule has 8 nitrogen and oxygen atoms in total. The predicted octanol–water partition coefficient (Wildman–Crippen LogP) is 13.8. The minimum absolute atomic E-state index is 0.126. The maximum Gasteiger partial charge on any atom is 0.323 e. The molecule has 0 bridgehead atoms. The van der Waals surface area contributed by atoms with Gasteiger partial charge in [0, 0.05) is 32.6 Å². The van der Waals surface area contributed by atoms with E-state index in [0.29, 0.717) is 32.4 Å². The average molecular weight is 879 g/mol. The van der Waals surface area contributed by atoms with Crippen molar-refractivity contribution >= 4 is 11.9 Å². The van der Waals surface area contributed by atoms with Crippen molar-refractivity contribution in [2.75, 3.05) is 26.2 Å². The molecule has 5 unspecified atom stereocenters. The van der Waals surface area contributed by atoms with Crippen molar-refractivity contribution in [3.8, 4) is 0 Å². The summed E-state index contributed by atoms with van der Waals surface area (Å²) >= 11 is 0. The van der Waals surface area contributed by atoms with Crippen LogP contribution in [-0.2, 0) is 14.3 Å². The third-order valence-corrected chi connectivity index (χ3v) is 13.5. The fourth-order valence-electron chi connectivity index (χ4n) is 9.44. The van der Waals surface area contributed by atoms with Gasteiger partial charge in [0.25, 0.3) is 0 Å². The largest absolute Gasteiger partial charge is 0.460 e. The van der Waals surface area contributed by atoms with E-state index in [0.717, 1.165) is 64.2 Å².